The van der Waals surface area contributed by atoms with E-state index in [4.69, 9.17) is 9.47 Å². The predicted octanol–water partition coefficient (Wildman–Crippen LogP) is 2.39. The molecule has 1 aromatic rings. The quantitative estimate of drug-likeness (QED) is 0.805. The molecule has 0 unspecified atom stereocenters. The van der Waals surface area contributed by atoms with E-state index in [-0.39, 0.29) is 12.5 Å². The van der Waals surface area contributed by atoms with E-state index in [2.05, 4.69) is 21.2 Å². The summed E-state index contributed by atoms with van der Waals surface area (Å²) in [5.74, 6) is 0.00753. The van der Waals surface area contributed by atoms with Crippen LogP contribution in [0.3, 0.4) is 0 Å². The van der Waals surface area contributed by atoms with E-state index in [0.29, 0.717) is 28.2 Å². The molecule has 0 aliphatic heterocycles. The first-order chi connectivity index (χ1) is 9.43. The standard InChI is InChI=1S/C14H18BrNO4/c1-9(2)7-16-13(17)8-20-14(18)11-6-10(19-3)4-5-12(11)15/h4-6,9H,7-8H2,1-3H3,(H,16,17). The van der Waals surface area contributed by atoms with Crippen molar-refractivity contribution in [2.75, 3.05) is 20.3 Å². The van der Waals surface area contributed by atoms with E-state index in [1.54, 1.807) is 18.2 Å². The van der Waals surface area contributed by atoms with Gasteiger partial charge in [-0.15, -0.1) is 0 Å². The van der Waals surface area contributed by atoms with Gasteiger partial charge in [-0.05, 0) is 40.0 Å². The van der Waals surface area contributed by atoms with Crippen LogP contribution >= 0.6 is 15.9 Å². The molecule has 0 bridgehead atoms. The highest BCUT2D eigenvalue weighted by Crippen LogP contribution is 2.23. The molecule has 0 spiro atoms. The Hall–Kier alpha value is -1.56. The molecule has 6 heteroatoms. The minimum atomic E-state index is -0.574. The minimum absolute atomic E-state index is 0.296. The first-order valence-electron chi connectivity index (χ1n) is 6.21. The van der Waals surface area contributed by atoms with Gasteiger partial charge >= 0.3 is 5.97 Å². The second-order valence-electron chi connectivity index (χ2n) is 4.62. The zero-order valence-corrected chi connectivity index (χ0v) is 13.3. The molecule has 0 saturated heterocycles. The summed E-state index contributed by atoms with van der Waals surface area (Å²) < 4.78 is 10.6. The Balaban J connectivity index is 2.56. The Morgan fingerprint density at radius 2 is 2.05 bits per heavy atom. The smallest absolute Gasteiger partial charge is 0.339 e. The first-order valence-corrected chi connectivity index (χ1v) is 7.00. The number of rotatable bonds is 6. The number of carbonyl (C=O) groups is 2. The van der Waals surface area contributed by atoms with Crippen molar-refractivity contribution in [3.8, 4) is 5.75 Å². The molecule has 1 rings (SSSR count). The van der Waals surface area contributed by atoms with Crippen LogP contribution < -0.4 is 10.1 Å². The largest absolute Gasteiger partial charge is 0.497 e. The van der Waals surface area contributed by atoms with Crippen LogP contribution in [0.4, 0.5) is 0 Å². The van der Waals surface area contributed by atoms with E-state index in [1.165, 1.54) is 7.11 Å². The predicted molar refractivity (Wildman–Crippen MR) is 78.8 cm³/mol. The van der Waals surface area contributed by atoms with Gasteiger partial charge in [-0.3, -0.25) is 4.79 Å². The third kappa shape index (κ3) is 5.21. The SMILES string of the molecule is COc1ccc(Br)c(C(=O)OCC(=O)NCC(C)C)c1. The highest BCUT2D eigenvalue weighted by Gasteiger charge is 2.14. The number of methoxy groups -OCH3 is 1. The van der Waals surface area contributed by atoms with Crippen molar-refractivity contribution in [3.05, 3.63) is 28.2 Å². The van der Waals surface area contributed by atoms with Crippen LogP contribution in [0.2, 0.25) is 0 Å². The molecule has 0 saturated carbocycles. The Kier molecular flexibility index (Phi) is 6.51. The summed E-state index contributed by atoms with van der Waals surface area (Å²) in [5, 5.41) is 2.67. The van der Waals surface area contributed by atoms with Crippen molar-refractivity contribution < 1.29 is 19.1 Å². The van der Waals surface area contributed by atoms with Gasteiger partial charge in [0.25, 0.3) is 5.91 Å². The van der Waals surface area contributed by atoms with Crippen molar-refractivity contribution in [1.82, 2.24) is 5.32 Å². The second-order valence-corrected chi connectivity index (χ2v) is 5.47. The van der Waals surface area contributed by atoms with Crippen molar-refractivity contribution in [2.24, 2.45) is 5.92 Å². The lowest BCUT2D eigenvalue weighted by Crippen LogP contribution is -2.31. The van der Waals surface area contributed by atoms with Gasteiger partial charge in [0.2, 0.25) is 0 Å². The number of ether oxygens (including phenoxy) is 2. The summed E-state index contributed by atoms with van der Waals surface area (Å²) in [4.78, 5) is 23.4. The monoisotopic (exact) mass is 343 g/mol. The molecule has 1 N–H and O–H groups in total. The Labute approximate surface area is 126 Å². The van der Waals surface area contributed by atoms with Crippen LogP contribution in [-0.4, -0.2) is 32.1 Å². The van der Waals surface area contributed by atoms with E-state index in [1.807, 2.05) is 13.8 Å². The number of halogens is 1. The van der Waals surface area contributed by atoms with Gasteiger partial charge in [-0.2, -0.15) is 0 Å². The van der Waals surface area contributed by atoms with Crippen LogP contribution in [-0.2, 0) is 9.53 Å². The number of esters is 1. The maximum absolute atomic E-state index is 11.9. The van der Waals surface area contributed by atoms with Crippen LogP contribution in [0.25, 0.3) is 0 Å². The number of hydrogen-bond acceptors (Lipinski definition) is 4. The zero-order valence-electron chi connectivity index (χ0n) is 11.7. The van der Waals surface area contributed by atoms with E-state index >= 15 is 0 Å². The highest BCUT2D eigenvalue weighted by atomic mass is 79.9. The summed E-state index contributed by atoms with van der Waals surface area (Å²) in [6, 6.07) is 4.96. The maximum atomic E-state index is 11.9. The highest BCUT2D eigenvalue weighted by molar-refractivity contribution is 9.10. The van der Waals surface area contributed by atoms with E-state index in [0.717, 1.165) is 0 Å². The molecular weight excluding hydrogens is 326 g/mol. The molecule has 0 heterocycles. The summed E-state index contributed by atoms with van der Waals surface area (Å²) in [7, 11) is 1.51. The molecule has 0 aliphatic carbocycles. The molecule has 0 radical (unpaired) electrons. The fourth-order valence-electron chi connectivity index (χ4n) is 1.37. The maximum Gasteiger partial charge on any atom is 0.339 e. The van der Waals surface area contributed by atoms with Crippen molar-refractivity contribution in [3.63, 3.8) is 0 Å². The lowest BCUT2D eigenvalue weighted by molar-refractivity contribution is -0.124. The van der Waals surface area contributed by atoms with Gasteiger partial charge in [-0.1, -0.05) is 13.8 Å². The molecule has 1 aromatic carbocycles. The average molecular weight is 344 g/mol. The van der Waals surface area contributed by atoms with Gasteiger partial charge < -0.3 is 14.8 Å². The van der Waals surface area contributed by atoms with Gasteiger partial charge in [0.1, 0.15) is 5.75 Å². The molecular formula is C14H18BrNO4. The zero-order chi connectivity index (χ0) is 15.1. The Bertz CT molecular complexity index is 488. The lowest BCUT2D eigenvalue weighted by Gasteiger charge is -2.09. The van der Waals surface area contributed by atoms with Crippen LogP contribution in [0, 0.1) is 5.92 Å². The lowest BCUT2D eigenvalue weighted by atomic mass is 10.2. The molecule has 110 valence electrons. The Morgan fingerprint density at radius 3 is 2.65 bits per heavy atom. The molecule has 20 heavy (non-hydrogen) atoms. The number of hydrogen-bond donors (Lipinski definition) is 1. The number of nitrogens with one attached hydrogen (secondary N) is 1. The van der Waals surface area contributed by atoms with Gasteiger partial charge in [0.05, 0.1) is 12.7 Å². The van der Waals surface area contributed by atoms with Gasteiger partial charge in [0, 0.05) is 11.0 Å². The third-order valence-corrected chi connectivity index (χ3v) is 3.13. The summed E-state index contributed by atoms with van der Waals surface area (Å²) in [6.07, 6.45) is 0. The van der Waals surface area contributed by atoms with Crippen molar-refractivity contribution >= 4 is 27.8 Å². The molecule has 0 atom stereocenters. The molecule has 5 nitrogen and oxygen atoms in total. The minimum Gasteiger partial charge on any atom is -0.497 e. The molecule has 0 aliphatic rings. The van der Waals surface area contributed by atoms with Crippen LogP contribution in [0.15, 0.2) is 22.7 Å². The number of amides is 1. The average Bonchev–Trinajstić information content (AvgIpc) is 2.43. The summed E-state index contributed by atoms with van der Waals surface area (Å²) in [5.41, 5.74) is 0.320. The Morgan fingerprint density at radius 1 is 1.35 bits per heavy atom. The van der Waals surface area contributed by atoms with Gasteiger partial charge in [-0.25, -0.2) is 4.79 Å². The number of carbonyl (C=O) groups excluding carboxylic acids is 2. The van der Waals surface area contributed by atoms with Gasteiger partial charge in [0.15, 0.2) is 6.61 Å². The summed E-state index contributed by atoms with van der Waals surface area (Å²) >= 11 is 3.26. The summed E-state index contributed by atoms with van der Waals surface area (Å²) in [6.45, 7) is 4.23. The topological polar surface area (TPSA) is 64.6 Å². The molecule has 1 amide bonds. The first kappa shape index (κ1) is 16.5. The number of benzene rings is 1. The van der Waals surface area contributed by atoms with Crippen molar-refractivity contribution in [1.29, 1.82) is 0 Å². The normalized spacial score (nSPS) is 10.2. The van der Waals surface area contributed by atoms with E-state index in [9.17, 15) is 9.59 Å². The molecule has 0 aromatic heterocycles. The fourth-order valence-corrected chi connectivity index (χ4v) is 1.77. The molecule has 0 fully saturated rings. The third-order valence-electron chi connectivity index (χ3n) is 2.44. The van der Waals surface area contributed by atoms with Crippen molar-refractivity contribution in [2.45, 2.75) is 13.8 Å². The second kappa shape index (κ2) is 7.89. The fraction of sp³-hybridized carbons (Fsp3) is 0.429. The van der Waals surface area contributed by atoms with E-state index < -0.39 is 5.97 Å². The van der Waals surface area contributed by atoms with Crippen LogP contribution in [0.5, 0.6) is 5.75 Å². The van der Waals surface area contributed by atoms with Crippen LogP contribution in [0.1, 0.15) is 24.2 Å².